The maximum Gasteiger partial charge on any atom is 0.184 e. The van der Waals surface area contributed by atoms with Crippen LogP contribution in [0.4, 0.5) is 10.1 Å². The number of aromatic nitrogens is 1. The number of hydrogen-bond acceptors (Lipinski definition) is 5. The van der Waals surface area contributed by atoms with Gasteiger partial charge in [-0.25, -0.2) is 4.98 Å². The van der Waals surface area contributed by atoms with Crippen molar-refractivity contribution in [2.75, 3.05) is 18.2 Å². The smallest absolute Gasteiger partial charge is 0.184 e. The molecular formula is C10H17N3OS. The van der Waals surface area contributed by atoms with Crippen molar-refractivity contribution in [1.29, 1.82) is 0 Å². The largest absolute Gasteiger partial charge is 0.389 e. The van der Waals surface area contributed by atoms with Crippen molar-refractivity contribution in [1.82, 2.24) is 4.98 Å². The minimum Gasteiger partial charge on any atom is -0.389 e. The van der Waals surface area contributed by atoms with Crippen molar-refractivity contribution in [3.05, 3.63) is 6.20 Å². The molecule has 1 saturated carbocycles. The van der Waals surface area contributed by atoms with Gasteiger partial charge in [0.1, 0.15) is 5.00 Å². The van der Waals surface area contributed by atoms with E-state index in [1.54, 1.807) is 13.3 Å². The first-order valence-electron chi connectivity index (χ1n) is 5.04. The maximum absolute atomic E-state index is 5.63. The molecule has 2 unspecified atom stereocenters. The standard InChI is InChI=1S/C10H17N3OS/c1-10(2)6(4-7(10)14-3)13-9-12-5-8(11)15-9/h5-7H,4,11H2,1-3H3,(H,12,13). The van der Waals surface area contributed by atoms with E-state index in [4.69, 9.17) is 10.5 Å². The maximum atomic E-state index is 5.63. The average Bonchev–Trinajstić information content (AvgIpc) is 2.58. The molecule has 1 aliphatic rings. The highest BCUT2D eigenvalue weighted by Gasteiger charge is 2.48. The molecule has 15 heavy (non-hydrogen) atoms. The third-order valence-electron chi connectivity index (χ3n) is 3.28. The Kier molecular flexibility index (Phi) is 2.60. The second kappa shape index (κ2) is 3.64. The number of nitrogens with zero attached hydrogens (tertiary/aromatic N) is 1. The van der Waals surface area contributed by atoms with Crippen LogP contribution >= 0.6 is 11.3 Å². The molecule has 1 aromatic heterocycles. The van der Waals surface area contributed by atoms with E-state index in [2.05, 4.69) is 24.1 Å². The van der Waals surface area contributed by atoms with Crippen LogP contribution in [0, 0.1) is 5.41 Å². The Hall–Kier alpha value is -0.810. The van der Waals surface area contributed by atoms with Crippen molar-refractivity contribution in [3.63, 3.8) is 0 Å². The summed E-state index contributed by atoms with van der Waals surface area (Å²) in [7, 11) is 1.77. The average molecular weight is 227 g/mol. The first-order valence-corrected chi connectivity index (χ1v) is 5.86. The van der Waals surface area contributed by atoms with Gasteiger partial charge in [-0.2, -0.15) is 0 Å². The molecule has 2 rings (SSSR count). The summed E-state index contributed by atoms with van der Waals surface area (Å²) in [6, 6.07) is 0.424. The Balaban J connectivity index is 1.98. The van der Waals surface area contributed by atoms with Crippen LogP contribution in [0.2, 0.25) is 0 Å². The van der Waals surface area contributed by atoms with Crippen molar-refractivity contribution in [2.45, 2.75) is 32.4 Å². The molecule has 0 aromatic carbocycles. The molecule has 0 aliphatic heterocycles. The molecule has 1 heterocycles. The van der Waals surface area contributed by atoms with E-state index in [1.807, 2.05) is 0 Å². The number of thiazole rings is 1. The Morgan fingerprint density at radius 2 is 2.40 bits per heavy atom. The fraction of sp³-hybridized carbons (Fsp3) is 0.700. The van der Waals surface area contributed by atoms with Crippen molar-refractivity contribution in [3.8, 4) is 0 Å². The van der Waals surface area contributed by atoms with Crippen LogP contribution < -0.4 is 11.1 Å². The van der Waals surface area contributed by atoms with Gasteiger partial charge >= 0.3 is 0 Å². The lowest BCUT2D eigenvalue weighted by Gasteiger charge is -2.51. The quantitative estimate of drug-likeness (QED) is 0.828. The zero-order valence-corrected chi connectivity index (χ0v) is 10.1. The van der Waals surface area contributed by atoms with Gasteiger partial charge in [-0.05, 0) is 6.42 Å². The number of ether oxygens (including phenoxy) is 1. The number of methoxy groups -OCH3 is 1. The number of nitrogens with two attached hydrogens (primary N) is 1. The lowest BCUT2D eigenvalue weighted by molar-refractivity contribution is -0.0794. The highest BCUT2D eigenvalue weighted by atomic mass is 32.1. The first kappa shape index (κ1) is 10.7. The summed E-state index contributed by atoms with van der Waals surface area (Å²) in [5, 5.41) is 5.05. The molecule has 4 nitrogen and oxygen atoms in total. The third-order valence-corrected chi connectivity index (χ3v) is 4.04. The van der Waals surface area contributed by atoms with Crippen molar-refractivity contribution in [2.24, 2.45) is 5.41 Å². The van der Waals surface area contributed by atoms with E-state index in [0.717, 1.165) is 16.6 Å². The Labute approximate surface area is 93.8 Å². The fourth-order valence-corrected chi connectivity index (χ4v) is 2.67. The van der Waals surface area contributed by atoms with Crippen LogP contribution in [0.1, 0.15) is 20.3 Å². The minimum atomic E-state index is 0.162. The van der Waals surface area contributed by atoms with E-state index in [0.29, 0.717) is 12.1 Å². The van der Waals surface area contributed by atoms with Crippen LogP contribution in [0.3, 0.4) is 0 Å². The lowest BCUT2D eigenvalue weighted by atomic mass is 9.64. The van der Waals surface area contributed by atoms with E-state index in [-0.39, 0.29) is 5.41 Å². The number of hydrogen-bond donors (Lipinski definition) is 2. The molecule has 0 spiro atoms. The van der Waals surface area contributed by atoms with Gasteiger partial charge in [0.25, 0.3) is 0 Å². The SMILES string of the molecule is COC1CC(Nc2ncc(N)s2)C1(C)C. The second-order valence-electron chi connectivity index (χ2n) is 4.55. The summed E-state index contributed by atoms with van der Waals surface area (Å²) in [5.74, 6) is 0. The summed E-state index contributed by atoms with van der Waals surface area (Å²) in [6.45, 7) is 4.42. The Morgan fingerprint density at radius 1 is 1.67 bits per heavy atom. The predicted octanol–water partition coefficient (Wildman–Crippen LogP) is 1.95. The molecule has 3 N–H and O–H groups in total. The summed E-state index contributed by atoms with van der Waals surface area (Å²) < 4.78 is 5.39. The summed E-state index contributed by atoms with van der Waals surface area (Å²) in [4.78, 5) is 4.20. The topological polar surface area (TPSA) is 60.2 Å². The summed E-state index contributed by atoms with van der Waals surface area (Å²) in [6.07, 6.45) is 3.06. The van der Waals surface area contributed by atoms with E-state index in [1.165, 1.54) is 11.3 Å². The van der Waals surface area contributed by atoms with E-state index < -0.39 is 0 Å². The van der Waals surface area contributed by atoms with Gasteiger partial charge in [0, 0.05) is 18.6 Å². The molecule has 0 bridgehead atoms. The van der Waals surface area contributed by atoms with Gasteiger partial charge in [0.2, 0.25) is 0 Å². The van der Waals surface area contributed by atoms with Gasteiger partial charge in [0.05, 0.1) is 12.3 Å². The highest BCUT2D eigenvalue weighted by Crippen LogP contribution is 2.44. The first-order chi connectivity index (χ1) is 7.04. The predicted molar refractivity (Wildman–Crippen MR) is 63.1 cm³/mol. The normalized spacial score (nSPS) is 28.5. The molecule has 0 radical (unpaired) electrons. The van der Waals surface area contributed by atoms with E-state index >= 15 is 0 Å². The van der Waals surface area contributed by atoms with Gasteiger partial charge in [-0.15, -0.1) is 0 Å². The third kappa shape index (κ3) is 1.81. The van der Waals surface area contributed by atoms with Gasteiger partial charge in [-0.3, -0.25) is 0 Å². The second-order valence-corrected chi connectivity index (χ2v) is 5.61. The van der Waals surface area contributed by atoms with Crippen LogP contribution in [0.25, 0.3) is 0 Å². The fourth-order valence-electron chi connectivity index (χ4n) is 2.03. The molecule has 0 amide bonds. The molecule has 2 atom stereocenters. The molecule has 1 fully saturated rings. The number of nitrogens with one attached hydrogen (secondary N) is 1. The number of anilines is 2. The monoisotopic (exact) mass is 227 g/mol. The Morgan fingerprint density at radius 3 is 2.87 bits per heavy atom. The minimum absolute atomic E-state index is 0.162. The number of nitrogen functional groups attached to an aromatic ring is 1. The van der Waals surface area contributed by atoms with Crippen LogP contribution in [0.5, 0.6) is 0 Å². The molecule has 5 heteroatoms. The Bertz CT molecular complexity index is 350. The molecule has 1 aromatic rings. The highest BCUT2D eigenvalue weighted by molar-refractivity contribution is 7.19. The van der Waals surface area contributed by atoms with Gasteiger partial charge in [-0.1, -0.05) is 25.2 Å². The van der Waals surface area contributed by atoms with E-state index in [9.17, 15) is 0 Å². The molecule has 0 saturated heterocycles. The zero-order valence-electron chi connectivity index (χ0n) is 9.28. The van der Waals surface area contributed by atoms with Gasteiger partial charge in [0.15, 0.2) is 5.13 Å². The molecular weight excluding hydrogens is 210 g/mol. The number of rotatable bonds is 3. The zero-order chi connectivity index (χ0) is 11.1. The molecule has 84 valence electrons. The molecule has 1 aliphatic carbocycles. The van der Waals surface area contributed by atoms with Crippen LogP contribution in [-0.2, 0) is 4.74 Å². The lowest BCUT2D eigenvalue weighted by Crippen LogP contribution is -2.57. The van der Waals surface area contributed by atoms with Crippen LogP contribution in [0.15, 0.2) is 6.20 Å². The summed E-state index contributed by atoms with van der Waals surface area (Å²) in [5.41, 5.74) is 5.79. The van der Waals surface area contributed by atoms with Gasteiger partial charge < -0.3 is 15.8 Å². The van der Waals surface area contributed by atoms with Crippen molar-refractivity contribution >= 4 is 21.5 Å². The van der Waals surface area contributed by atoms with Crippen LogP contribution in [-0.4, -0.2) is 24.2 Å². The summed E-state index contributed by atoms with van der Waals surface area (Å²) >= 11 is 1.49. The van der Waals surface area contributed by atoms with Crippen molar-refractivity contribution < 1.29 is 4.74 Å².